The van der Waals surface area contributed by atoms with Crippen molar-refractivity contribution in [1.82, 2.24) is 0 Å². The maximum absolute atomic E-state index is 13.3. The summed E-state index contributed by atoms with van der Waals surface area (Å²) < 4.78 is 31.0. The van der Waals surface area contributed by atoms with Crippen molar-refractivity contribution in [3.8, 4) is 5.75 Å². The second-order valence-corrected chi connectivity index (χ2v) is 4.73. The van der Waals surface area contributed by atoms with Gasteiger partial charge in [0.05, 0.1) is 10.0 Å². The van der Waals surface area contributed by atoms with Crippen LogP contribution in [-0.2, 0) is 0 Å². The van der Waals surface area contributed by atoms with Crippen molar-refractivity contribution in [2.75, 3.05) is 6.61 Å². The summed E-state index contributed by atoms with van der Waals surface area (Å²) in [5.41, 5.74) is 0.293. The summed E-state index contributed by atoms with van der Waals surface area (Å²) in [7, 11) is 0. The van der Waals surface area contributed by atoms with E-state index in [1.54, 1.807) is 0 Å². The van der Waals surface area contributed by atoms with Crippen molar-refractivity contribution in [2.45, 2.75) is 0 Å². The summed E-state index contributed by atoms with van der Waals surface area (Å²) in [6.45, 7) is -0.388. The molecule has 2 aromatic rings. The van der Waals surface area contributed by atoms with Gasteiger partial charge in [-0.3, -0.25) is 4.79 Å². The second kappa shape index (κ2) is 6.20. The maximum Gasteiger partial charge on any atom is 0.200 e. The molecule has 104 valence electrons. The average Bonchev–Trinajstić information content (AvgIpc) is 2.40. The maximum atomic E-state index is 13.3. The van der Waals surface area contributed by atoms with Crippen LogP contribution in [0.1, 0.15) is 10.4 Å². The van der Waals surface area contributed by atoms with Gasteiger partial charge in [0.2, 0.25) is 0 Å². The van der Waals surface area contributed by atoms with Crippen molar-refractivity contribution < 1.29 is 18.3 Å². The second-order valence-electron chi connectivity index (χ2n) is 3.92. The lowest BCUT2D eigenvalue weighted by molar-refractivity contribution is 0.0918. The largest absolute Gasteiger partial charge is 0.482 e. The fourth-order valence-corrected chi connectivity index (χ4v) is 1.79. The molecule has 0 bridgehead atoms. The number of carbonyl (C=O) groups is 1. The fourth-order valence-electron chi connectivity index (χ4n) is 1.49. The molecule has 0 N–H and O–H groups in total. The molecule has 0 atom stereocenters. The highest BCUT2D eigenvalue weighted by atomic mass is 35.5. The Morgan fingerprint density at radius 2 is 1.80 bits per heavy atom. The summed E-state index contributed by atoms with van der Waals surface area (Å²) >= 11 is 11.5. The SMILES string of the molecule is O=C(COc1ccc(F)cc1F)c1ccc(Cl)c(Cl)c1. The third-order valence-electron chi connectivity index (χ3n) is 2.49. The van der Waals surface area contributed by atoms with Crippen molar-refractivity contribution in [1.29, 1.82) is 0 Å². The van der Waals surface area contributed by atoms with Crippen LogP contribution in [0.15, 0.2) is 36.4 Å². The fraction of sp³-hybridized carbons (Fsp3) is 0.0714. The van der Waals surface area contributed by atoms with Gasteiger partial charge in [-0.25, -0.2) is 8.78 Å². The quantitative estimate of drug-likeness (QED) is 0.774. The van der Waals surface area contributed by atoms with E-state index in [-0.39, 0.29) is 17.4 Å². The summed E-state index contributed by atoms with van der Waals surface area (Å²) in [4.78, 5) is 11.8. The molecule has 0 spiro atoms. The minimum atomic E-state index is -0.869. The predicted molar refractivity (Wildman–Crippen MR) is 72.6 cm³/mol. The molecule has 20 heavy (non-hydrogen) atoms. The highest BCUT2D eigenvalue weighted by Crippen LogP contribution is 2.23. The molecule has 0 aliphatic rings. The van der Waals surface area contributed by atoms with Gasteiger partial charge in [0, 0.05) is 11.6 Å². The minimum absolute atomic E-state index is 0.195. The van der Waals surface area contributed by atoms with E-state index >= 15 is 0 Å². The molecule has 0 aliphatic carbocycles. The number of benzene rings is 2. The molecule has 0 unspecified atom stereocenters. The van der Waals surface area contributed by atoms with Gasteiger partial charge in [-0.05, 0) is 30.3 Å². The summed E-state index contributed by atoms with van der Waals surface area (Å²) in [6.07, 6.45) is 0. The van der Waals surface area contributed by atoms with Gasteiger partial charge < -0.3 is 4.74 Å². The molecule has 0 fully saturated rings. The van der Waals surface area contributed by atoms with Crippen LogP contribution in [0, 0.1) is 11.6 Å². The monoisotopic (exact) mass is 316 g/mol. The standard InChI is InChI=1S/C14H8Cl2F2O2/c15-10-3-1-8(5-11(10)16)13(19)7-20-14-4-2-9(17)6-12(14)18/h1-6H,7H2. The Morgan fingerprint density at radius 3 is 2.45 bits per heavy atom. The highest BCUT2D eigenvalue weighted by Gasteiger charge is 2.11. The van der Waals surface area contributed by atoms with Crippen molar-refractivity contribution >= 4 is 29.0 Å². The molecule has 0 saturated heterocycles. The summed E-state index contributed by atoms with van der Waals surface area (Å²) in [6, 6.07) is 7.21. The molecule has 2 aromatic carbocycles. The number of hydrogen-bond acceptors (Lipinski definition) is 2. The average molecular weight is 317 g/mol. The van der Waals surface area contributed by atoms with Crippen molar-refractivity contribution in [2.24, 2.45) is 0 Å². The van der Waals surface area contributed by atoms with Crippen LogP contribution >= 0.6 is 23.2 Å². The van der Waals surface area contributed by atoms with E-state index in [9.17, 15) is 13.6 Å². The molecular weight excluding hydrogens is 309 g/mol. The molecule has 0 saturated carbocycles. The van der Waals surface area contributed by atoms with E-state index in [0.29, 0.717) is 16.7 Å². The zero-order valence-electron chi connectivity index (χ0n) is 10.00. The van der Waals surface area contributed by atoms with Crippen LogP contribution in [0.25, 0.3) is 0 Å². The number of hydrogen-bond donors (Lipinski definition) is 0. The Kier molecular flexibility index (Phi) is 4.57. The van der Waals surface area contributed by atoms with Crippen LogP contribution in [0.4, 0.5) is 8.78 Å². The van der Waals surface area contributed by atoms with E-state index < -0.39 is 17.4 Å². The van der Waals surface area contributed by atoms with E-state index in [1.165, 1.54) is 18.2 Å². The zero-order chi connectivity index (χ0) is 14.7. The first kappa shape index (κ1) is 14.8. The third kappa shape index (κ3) is 3.46. The van der Waals surface area contributed by atoms with Gasteiger partial charge in [-0.2, -0.15) is 0 Å². The van der Waals surface area contributed by atoms with Crippen LogP contribution in [0.3, 0.4) is 0 Å². The molecule has 0 radical (unpaired) electrons. The molecule has 0 aromatic heterocycles. The molecule has 6 heteroatoms. The zero-order valence-corrected chi connectivity index (χ0v) is 11.5. The van der Waals surface area contributed by atoms with Crippen molar-refractivity contribution in [3.05, 3.63) is 63.6 Å². The number of halogens is 4. The van der Waals surface area contributed by atoms with Crippen LogP contribution in [0.2, 0.25) is 10.0 Å². The third-order valence-corrected chi connectivity index (χ3v) is 3.23. The number of ether oxygens (including phenoxy) is 1. The summed E-state index contributed by atoms with van der Waals surface area (Å²) in [5.74, 6) is -2.18. The number of ketones is 1. The Balaban J connectivity index is 2.06. The first-order chi connectivity index (χ1) is 9.47. The smallest absolute Gasteiger partial charge is 0.200 e. The molecule has 0 amide bonds. The van der Waals surface area contributed by atoms with Gasteiger partial charge in [0.25, 0.3) is 0 Å². The van der Waals surface area contributed by atoms with Crippen LogP contribution in [0.5, 0.6) is 5.75 Å². The van der Waals surface area contributed by atoms with Crippen LogP contribution in [-0.4, -0.2) is 12.4 Å². The number of carbonyl (C=O) groups excluding carboxylic acids is 1. The molecule has 2 nitrogen and oxygen atoms in total. The lowest BCUT2D eigenvalue weighted by Crippen LogP contribution is -2.12. The van der Waals surface area contributed by atoms with Gasteiger partial charge in [0.15, 0.2) is 24.0 Å². The first-order valence-electron chi connectivity index (χ1n) is 5.53. The molecule has 2 rings (SSSR count). The Morgan fingerprint density at radius 1 is 1.05 bits per heavy atom. The Labute approximate surface area is 123 Å². The Hall–Kier alpha value is -1.65. The van der Waals surface area contributed by atoms with Crippen molar-refractivity contribution in [3.63, 3.8) is 0 Å². The lowest BCUT2D eigenvalue weighted by Gasteiger charge is -2.07. The molecule has 0 heterocycles. The lowest BCUT2D eigenvalue weighted by atomic mass is 10.1. The first-order valence-corrected chi connectivity index (χ1v) is 6.29. The number of Topliss-reactive ketones (excluding diaryl/α,β-unsaturated/α-hetero) is 1. The van der Waals surface area contributed by atoms with Gasteiger partial charge in [0.1, 0.15) is 5.82 Å². The van der Waals surface area contributed by atoms with E-state index in [0.717, 1.165) is 12.1 Å². The predicted octanol–water partition coefficient (Wildman–Crippen LogP) is 4.53. The normalized spacial score (nSPS) is 10.4. The molecule has 0 aliphatic heterocycles. The minimum Gasteiger partial charge on any atom is -0.482 e. The van der Waals surface area contributed by atoms with Crippen LogP contribution < -0.4 is 4.74 Å². The molecular formula is C14H8Cl2F2O2. The van der Waals surface area contributed by atoms with Gasteiger partial charge >= 0.3 is 0 Å². The van der Waals surface area contributed by atoms with E-state index in [4.69, 9.17) is 27.9 Å². The van der Waals surface area contributed by atoms with Gasteiger partial charge in [-0.15, -0.1) is 0 Å². The Bertz CT molecular complexity index is 660. The van der Waals surface area contributed by atoms with E-state index in [2.05, 4.69) is 0 Å². The van der Waals surface area contributed by atoms with E-state index in [1.807, 2.05) is 0 Å². The summed E-state index contributed by atoms with van der Waals surface area (Å²) in [5, 5.41) is 0.569. The van der Waals surface area contributed by atoms with Gasteiger partial charge in [-0.1, -0.05) is 23.2 Å². The number of rotatable bonds is 4. The topological polar surface area (TPSA) is 26.3 Å². The highest BCUT2D eigenvalue weighted by molar-refractivity contribution is 6.42.